The Bertz CT molecular complexity index is 1200. The zero-order chi connectivity index (χ0) is 26.3. The molecule has 0 aliphatic carbocycles. The zero-order valence-electron chi connectivity index (χ0n) is 22.1. The Morgan fingerprint density at radius 3 is 2.47 bits per heavy atom. The third kappa shape index (κ3) is 6.87. The normalized spacial score (nSPS) is 11.2. The van der Waals surface area contributed by atoms with Gasteiger partial charge in [0.05, 0.1) is 18.5 Å². The van der Waals surface area contributed by atoms with Crippen LogP contribution in [-0.4, -0.2) is 46.8 Å². The highest BCUT2D eigenvalue weighted by molar-refractivity contribution is 5.96. The fourth-order valence-corrected chi connectivity index (χ4v) is 3.68. The number of amides is 3. The first-order chi connectivity index (χ1) is 17.1. The molecule has 0 saturated heterocycles. The summed E-state index contributed by atoms with van der Waals surface area (Å²) in [7, 11) is 1.57. The Labute approximate surface area is 213 Å². The van der Waals surface area contributed by atoms with Gasteiger partial charge >= 0.3 is 6.03 Å². The fourth-order valence-electron chi connectivity index (χ4n) is 3.68. The maximum absolute atomic E-state index is 13.2. The Morgan fingerprint density at radius 2 is 1.81 bits per heavy atom. The highest BCUT2D eigenvalue weighted by Crippen LogP contribution is 2.27. The summed E-state index contributed by atoms with van der Waals surface area (Å²) in [5.41, 5.74) is 3.20. The molecular weight excluding hydrogens is 454 g/mol. The third-order valence-corrected chi connectivity index (χ3v) is 5.81. The van der Waals surface area contributed by atoms with Gasteiger partial charge in [0.1, 0.15) is 18.1 Å². The second-order valence-electron chi connectivity index (χ2n) is 9.85. The number of urea groups is 1. The maximum atomic E-state index is 13.2. The molecule has 2 N–H and O–H groups in total. The van der Waals surface area contributed by atoms with Gasteiger partial charge in [0.25, 0.3) is 0 Å². The van der Waals surface area contributed by atoms with Gasteiger partial charge in [-0.15, -0.1) is 0 Å². The van der Waals surface area contributed by atoms with E-state index in [9.17, 15) is 9.59 Å². The van der Waals surface area contributed by atoms with Gasteiger partial charge in [0.15, 0.2) is 0 Å². The molecule has 0 spiro atoms. The lowest BCUT2D eigenvalue weighted by atomic mass is 9.92. The number of carbonyl (C=O) groups excluding carboxylic acids is 2. The minimum Gasteiger partial charge on any atom is -0.497 e. The van der Waals surface area contributed by atoms with Gasteiger partial charge in [-0.2, -0.15) is 5.10 Å². The molecule has 2 aromatic carbocycles. The minimum absolute atomic E-state index is 0.0837. The lowest BCUT2D eigenvalue weighted by Crippen LogP contribution is -2.41. The molecule has 0 aliphatic rings. The number of hydrogen-bond acceptors (Lipinski definition) is 4. The number of methoxy groups -OCH3 is 1. The molecule has 192 valence electrons. The van der Waals surface area contributed by atoms with Gasteiger partial charge < -0.3 is 20.3 Å². The van der Waals surface area contributed by atoms with E-state index < -0.39 is 0 Å². The molecule has 0 aliphatic heterocycles. The summed E-state index contributed by atoms with van der Waals surface area (Å²) in [6.45, 7) is 10.7. The average Bonchev–Trinajstić information content (AvgIpc) is 3.26. The van der Waals surface area contributed by atoms with Crippen LogP contribution >= 0.6 is 0 Å². The van der Waals surface area contributed by atoms with Crippen molar-refractivity contribution in [3.63, 3.8) is 0 Å². The topological polar surface area (TPSA) is 88.5 Å². The lowest BCUT2D eigenvalue weighted by Gasteiger charge is -2.23. The van der Waals surface area contributed by atoms with E-state index in [0.717, 1.165) is 29.8 Å². The summed E-state index contributed by atoms with van der Waals surface area (Å²) in [6, 6.07) is 16.6. The van der Waals surface area contributed by atoms with Crippen LogP contribution in [0.25, 0.3) is 5.69 Å². The monoisotopic (exact) mass is 491 g/mol. The van der Waals surface area contributed by atoms with Gasteiger partial charge in [0, 0.05) is 29.8 Å². The van der Waals surface area contributed by atoms with E-state index in [1.807, 2.05) is 44.2 Å². The first kappa shape index (κ1) is 26.8. The molecular formula is C28H37N5O3. The molecule has 8 nitrogen and oxygen atoms in total. The molecule has 3 rings (SSSR count). The molecule has 1 aromatic heterocycles. The van der Waals surface area contributed by atoms with Gasteiger partial charge in [0.2, 0.25) is 5.91 Å². The number of anilines is 2. The quantitative estimate of drug-likeness (QED) is 0.398. The van der Waals surface area contributed by atoms with Crippen molar-refractivity contribution in [3.05, 3.63) is 65.9 Å². The number of aromatic nitrogens is 2. The molecule has 36 heavy (non-hydrogen) atoms. The van der Waals surface area contributed by atoms with E-state index in [1.165, 1.54) is 4.90 Å². The predicted octanol–water partition coefficient (Wildman–Crippen LogP) is 5.76. The minimum atomic E-state index is -0.338. The average molecular weight is 492 g/mol. The summed E-state index contributed by atoms with van der Waals surface area (Å²) in [4.78, 5) is 27.8. The number of aryl methyl sites for hydroxylation is 1. The number of para-hydroxylation sites is 1. The van der Waals surface area contributed by atoms with E-state index in [2.05, 4.69) is 31.4 Å². The van der Waals surface area contributed by atoms with Crippen LogP contribution in [0, 0.1) is 6.92 Å². The van der Waals surface area contributed by atoms with Crippen molar-refractivity contribution in [1.29, 1.82) is 0 Å². The smallest absolute Gasteiger partial charge is 0.322 e. The first-order valence-corrected chi connectivity index (χ1v) is 12.3. The second kappa shape index (κ2) is 11.7. The van der Waals surface area contributed by atoms with Crippen LogP contribution in [-0.2, 0) is 10.2 Å². The Hall–Kier alpha value is -3.81. The number of ether oxygens (including phenoxy) is 1. The standard InChI is InChI=1S/C28H37N5O3/c1-7-8-16-32(27(35)29-21-13-11-14-22(17-21)36-6)19-26(34)30-25-18-24(28(3,4)5)31-33(25)23-15-10-9-12-20(23)2/h9-15,17-18H,7-8,16,19H2,1-6H3,(H,29,35)(H,30,34). The SMILES string of the molecule is CCCCN(CC(=O)Nc1cc(C(C)(C)C)nn1-c1ccccc1C)C(=O)Nc1cccc(OC)c1. The maximum Gasteiger partial charge on any atom is 0.322 e. The number of unbranched alkanes of at least 4 members (excludes halogenated alkanes) is 1. The van der Waals surface area contributed by atoms with Crippen molar-refractivity contribution in [2.45, 2.75) is 52.9 Å². The van der Waals surface area contributed by atoms with Crippen molar-refractivity contribution in [3.8, 4) is 11.4 Å². The van der Waals surface area contributed by atoms with Crippen LogP contribution in [0.5, 0.6) is 5.75 Å². The third-order valence-electron chi connectivity index (χ3n) is 5.81. The Kier molecular flexibility index (Phi) is 8.74. The molecule has 0 saturated carbocycles. The molecule has 0 bridgehead atoms. The van der Waals surface area contributed by atoms with Gasteiger partial charge in [-0.3, -0.25) is 4.79 Å². The summed E-state index contributed by atoms with van der Waals surface area (Å²) in [6.07, 6.45) is 1.69. The summed E-state index contributed by atoms with van der Waals surface area (Å²) >= 11 is 0. The molecule has 0 unspecified atom stereocenters. The number of hydrogen-bond donors (Lipinski definition) is 2. The van der Waals surface area contributed by atoms with Gasteiger partial charge in [-0.1, -0.05) is 58.4 Å². The van der Waals surface area contributed by atoms with Gasteiger partial charge in [-0.25, -0.2) is 9.48 Å². The van der Waals surface area contributed by atoms with E-state index >= 15 is 0 Å². The van der Waals surface area contributed by atoms with Crippen LogP contribution in [0.4, 0.5) is 16.3 Å². The Morgan fingerprint density at radius 1 is 1.06 bits per heavy atom. The van der Waals surface area contributed by atoms with Crippen molar-refractivity contribution in [2.75, 3.05) is 30.8 Å². The lowest BCUT2D eigenvalue weighted by molar-refractivity contribution is -0.116. The molecule has 3 aromatic rings. The summed E-state index contributed by atoms with van der Waals surface area (Å²) in [5.74, 6) is 0.926. The summed E-state index contributed by atoms with van der Waals surface area (Å²) in [5, 5.41) is 10.7. The highest BCUT2D eigenvalue weighted by Gasteiger charge is 2.23. The van der Waals surface area contributed by atoms with E-state index in [0.29, 0.717) is 23.8 Å². The second-order valence-corrected chi connectivity index (χ2v) is 9.85. The van der Waals surface area contributed by atoms with Crippen LogP contribution in [0.3, 0.4) is 0 Å². The fraction of sp³-hybridized carbons (Fsp3) is 0.393. The molecule has 0 radical (unpaired) electrons. The first-order valence-electron chi connectivity index (χ1n) is 12.3. The van der Waals surface area contributed by atoms with E-state index in [-0.39, 0.29) is 23.9 Å². The molecule has 1 heterocycles. The molecule has 0 atom stereocenters. The van der Waals surface area contributed by atoms with Crippen LogP contribution < -0.4 is 15.4 Å². The van der Waals surface area contributed by atoms with E-state index in [1.54, 1.807) is 36.1 Å². The number of nitrogens with zero attached hydrogens (tertiary/aromatic N) is 3. The van der Waals surface area contributed by atoms with Gasteiger partial charge in [-0.05, 0) is 37.1 Å². The van der Waals surface area contributed by atoms with Crippen molar-refractivity contribution in [2.24, 2.45) is 0 Å². The molecule has 8 heteroatoms. The zero-order valence-corrected chi connectivity index (χ0v) is 22.1. The van der Waals surface area contributed by atoms with Crippen molar-refractivity contribution >= 4 is 23.4 Å². The van der Waals surface area contributed by atoms with Crippen molar-refractivity contribution in [1.82, 2.24) is 14.7 Å². The Balaban J connectivity index is 1.81. The number of carbonyl (C=O) groups is 2. The largest absolute Gasteiger partial charge is 0.497 e. The van der Waals surface area contributed by atoms with Crippen LogP contribution in [0.1, 0.15) is 51.8 Å². The number of rotatable bonds is 9. The molecule has 3 amide bonds. The number of benzene rings is 2. The predicted molar refractivity (Wildman–Crippen MR) is 144 cm³/mol. The van der Waals surface area contributed by atoms with Crippen molar-refractivity contribution < 1.29 is 14.3 Å². The molecule has 0 fully saturated rings. The highest BCUT2D eigenvalue weighted by atomic mass is 16.5. The van der Waals surface area contributed by atoms with E-state index in [4.69, 9.17) is 9.84 Å². The number of nitrogens with one attached hydrogen (secondary N) is 2. The summed E-state index contributed by atoms with van der Waals surface area (Å²) < 4.78 is 7.00. The van der Waals surface area contributed by atoms with Crippen LogP contribution in [0.2, 0.25) is 0 Å². The van der Waals surface area contributed by atoms with Crippen LogP contribution in [0.15, 0.2) is 54.6 Å².